The molecule has 28 heavy (non-hydrogen) atoms. The van der Waals surface area contributed by atoms with E-state index in [2.05, 4.69) is 46.3 Å². The molecule has 0 spiro atoms. The van der Waals surface area contributed by atoms with E-state index < -0.39 is 0 Å². The topological polar surface area (TPSA) is 38.1 Å². The van der Waals surface area contributed by atoms with Gasteiger partial charge in [0.05, 0.1) is 17.6 Å². The van der Waals surface area contributed by atoms with E-state index in [-0.39, 0.29) is 11.7 Å². The van der Waals surface area contributed by atoms with Gasteiger partial charge in [-0.25, -0.2) is 9.37 Å². The maximum atomic E-state index is 13.7. The molecule has 0 aliphatic heterocycles. The standard InChI is InChI=1S/C22H25BrFN3O/c1-4-11-27-20-10-9-18(24)12-19(20)25-21(27)14-26(13-15(2)3)22(28)16-5-7-17(23)8-6-16/h5-10,12,15H,4,11,13-14H2,1-3H3. The zero-order valence-electron chi connectivity index (χ0n) is 16.5. The molecule has 1 heterocycles. The van der Waals surface area contributed by atoms with Gasteiger partial charge in [-0.2, -0.15) is 0 Å². The molecule has 0 saturated heterocycles. The third kappa shape index (κ3) is 4.61. The monoisotopic (exact) mass is 445 g/mol. The number of imidazole rings is 1. The van der Waals surface area contributed by atoms with E-state index in [1.165, 1.54) is 12.1 Å². The number of fused-ring (bicyclic) bond motifs is 1. The van der Waals surface area contributed by atoms with Crippen molar-refractivity contribution in [1.29, 1.82) is 0 Å². The molecule has 6 heteroatoms. The first-order valence-electron chi connectivity index (χ1n) is 9.58. The lowest BCUT2D eigenvalue weighted by atomic mass is 10.1. The number of amides is 1. The molecule has 0 aliphatic carbocycles. The molecule has 0 N–H and O–H groups in total. The fourth-order valence-electron chi connectivity index (χ4n) is 3.35. The van der Waals surface area contributed by atoms with Crippen LogP contribution < -0.4 is 0 Å². The molecule has 0 atom stereocenters. The van der Waals surface area contributed by atoms with Gasteiger partial charge >= 0.3 is 0 Å². The van der Waals surface area contributed by atoms with Crippen molar-refractivity contribution in [3.05, 3.63) is 64.1 Å². The fraction of sp³-hybridized carbons (Fsp3) is 0.364. The van der Waals surface area contributed by atoms with Crippen molar-refractivity contribution >= 4 is 32.9 Å². The molecule has 4 nitrogen and oxygen atoms in total. The largest absolute Gasteiger partial charge is 0.331 e. The van der Waals surface area contributed by atoms with Crippen molar-refractivity contribution in [3.63, 3.8) is 0 Å². The van der Waals surface area contributed by atoms with Gasteiger partial charge in [0, 0.05) is 29.2 Å². The van der Waals surface area contributed by atoms with E-state index in [0.29, 0.717) is 30.1 Å². The van der Waals surface area contributed by atoms with E-state index in [9.17, 15) is 9.18 Å². The molecule has 0 unspecified atom stereocenters. The SMILES string of the molecule is CCCn1c(CN(CC(C)C)C(=O)c2ccc(Br)cc2)nc2cc(F)ccc21. The molecular weight excluding hydrogens is 421 g/mol. The molecule has 0 fully saturated rings. The van der Waals surface area contributed by atoms with Gasteiger partial charge in [-0.05, 0) is 48.7 Å². The average molecular weight is 446 g/mol. The van der Waals surface area contributed by atoms with Crippen LogP contribution in [-0.4, -0.2) is 26.9 Å². The number of aryl methyl sites for hydroxylation is 1. The number of rotatable bonds is 7. The Bertz CT molecular complexity index is 966. The van der Waals surface area contributed by atoms with Crippen LogP contribution in [0.4, 0.5) is 4.39 Å². The Morgan fingerprint density at radius 3 is 2.57 bits per heavy atom. The number of carbonyl (C=O) groups is 1. The minimum atomic E-state index is -0.301. The number of halogens is 2. The van der Waals surface area contributed by atoms with Gasteiger partial charge in [0.25, 0.3) is 5.91 Å². The summed E-state index contributed by atoms with van der Waals surface area (Å²) in [7, 11) is 0. The maximum absolute atomic E-state index is 13.7. The van der Waals surface area contributed by atoms with Gasteiger partial charge in [0.15, 0.2) is 0 Å². The lowest BCUT2D eigenvalue weighted by Gasteiger charge is -2.25. The van der Waals surface area contributed by atoms with Crippen molar-refractivity contribution in [1.82, 2.24) is 14.5 Å². The Balaban J connectivity index is 1.97. The van der Waals surface area contributed by atoms with Crippen LogP contribution in [0.3, 0.4) is 0 Å². The Morgan fingerprint density at radius 2 is 1.93 bits per heavy atom. The van der Waals surface area contributed by atoms with Crippen LogP contribution in [0, 0.1) is 11.7 Å². The summed E-state index contributed by atoms with van der Waals surface area (Å²) >= 11 is 3.41. The molecule has 2 aromatic carbocycles. The number of hydrogen-bond donors (Lipinski definition) is 0. The highest BCUT2D eigenvalue weighted by molar-refractivity contribution is 9.10. The zero-order valence-corrected chi connectivity index (χ0v) is 18.0. The maximum Gasteiger partial charge on any atom is 0.254 e. The number of benzene rings is 2. The van der Waals surface area contributed by atoms with Crippen LogP contribution in [0.2, 0.25) is 0 Å². The van der Waals surface area contributed by atoms with Gasteiger partial charge in [-0.15, -0.1) is 0 Å². The van der Waals surface area contributed by atoms with Crippen LogP contribution in [0.15, 0.2) is 46.9 Å². The van der Waals surface area contributed by atoms with Crippen molar-refractivity contribution < 1.29 is 9.18 Å². The van der Waals surface area contributed by atoms with Crippen LogP contribution in [0.1, 0.15) is 43.4 Å². The molecule has 0 aliphatic rings. The quantitative estimate of drug-likeness (QED) is 0.471. The number of carbonyl (C=O) groups excluding carboxylic acids is 1. The van der Waals surface area contributed by atoms with Crippen molar-refractivity contribution in [2.45, 2.75) is 40.3 Å². The molecule has 1 amide bonds. The minimum absolute atomic E-state index is 0.0255. The number of aromatic nitrogens is 2. The summed E-state index contributed by atoms with van der Waals surface area (Å²) in [5.41, 5.74) is 2.18. The van der Waals surface area contributed by atoms with Crippen molar-refractivity contribution in [3.8, 4) is 0 Å². The van der Waals surface area contributed by atoms with Crippen LogP contribution in [-0.2, 0) is 13.1 Å². The molecule has 3 rings (SSSR count). The summed E-state index contributed by atoms with van der Waals surface area (Å²) in [5.74, 6) is 0.780. The van der Waals surface area contributed by atoms with Gasteiger partial charge in [-0.3, -0.25) is 4.79 Å². The third-order valence-corrected chi connectivity index (χ3v) is 5.06. The molecule has 148 valence electrons. The molecule has 0 bridgehead atoms. The number of nitrogens with zero attached hydrogens (tertiary/aromatic N) is 3. The van der Waals surface area contributed by atoms with E-state index in [0.717, 1.165) is 28.8 Å². The fourth-order valence-corrected chi connectivity index (χ4v) is 3.62. The molecule has 3 aromatic rings. The minimum Gasteiger partial charge on any atom is -0.331 e. The smallest absolute Gasteiger partial charge is 0.254 e. The van der Waals surface area contributed by atoms with Crippen molar-refractivity contribution in [2.75, 3.05) is 6.54 Å². The summed E-state index contributed by atoms with van der Waals surface area (Å²) in [6.07, 6.45) is 0.931. The van der Waals surface area contributed by atoms with Gasteiger partial charge in [0.1, 0.15) is 11.6 Å². The third-order valence-electron chi connectivity index (χ3n) is 4.53. The second kappa shape index (κ2) is 8.86. The first-order valence-corrected chi connectivity index (χ1v) is 10.4. The summed E-state index contributed by atoms with van der Waals surface area (Å²) in [6.45, 7) is 8.07. The molecule has 0 saturated carbocycles. The first-order chi connectivity index (χ1) is 13.4. The van der Waals surface area contributed by atoms with Crippen LogP contribution >= 0.6 is 15.9 Å². The van der Waals surface area contributed by atoms with Crippen molar-refractivity contribution in [2.24, 2.45) is 5.92 Å². The second-order valence-electron chi connectivity index (χ2n) is 7.40. The van der Waals surface area contributed by atoms with E-state index in [1.807, 2.05) is 29.2 Å². The van der Waals surface area contributed by atoms with Crippen LogP contribution in [0.25, 0.3) is 11.0 Å². The second-order valence-corrected chi connectivity index (χ2v) is 8.31. The predicted octanol–water partition coefficient (Wildman–Crippen LogP) is 5.65. The first kappa shape index (κ1) is 20.5. The van der Waals surface area contributed by atoms with E-state index >= 15 is 0 Å². The normalized spacial score (nSPS) is 11.4. The Kier molecular flexibility index (Phi) is 6.50. The lowest BCUT2D eigenvalue weighted by Crippen LogP contribution is -2.34. The number of hydrogen-bond acceptors (Lipinski definition) is 2. The highest BCUT2D eigenvalue weighted by Gasteiger charge is 2.21. The molecule has 1 aromatic heterocycles. The molecule has 0 radical (unpaired) electrons. The predicted molar refractivity (Wildman–Crippen MR) is 114 cm³/mol. The van der Waals surface area contributed by atoms with E-state index in [4.69, 9.17) is 0 Å². The Hall–Kier alpha value is -2.21. The summed E-state index contributed by atoms with van der Waals surface area (Å²) < 4.78 is 16.7. The summed E-state index contributed by atoms with van der Waals surface area (Å²) in [4.78, 5) is 19.6. The zero-order chi connectivity index (χ0) is 20.3. The van der Waals surface area contributed by atoms with Gasteiger partial charge in [-0.1, -0.05) is 36.7 Å². The van der Waals surface area contributed by atoms with Gasteiger partial charge in [0.2, 0.25) is 0 Å². The van der Waals surface area contributed by atoms with Gasteiger partial charge < -0.3 is 9.47 Å². The lowest BCUT2D eigenvalue weighted by molar-refractivity contribution is 0.0716. The summed E-state index contributed by atoms with van der Waals surface area (Å²) in [6, 6.07) is 12.1. The summed E-state index contributed by atoms with van der Waals surface area (Å²) in [5, 5.41) is 0. The highest BCUT2D eigenvalue weighted by atomic mass is 79.9. The van der Waals surface area contributed by atoms with E-state index in [1.54, 1.807) is 6.07 Å². The Morgan fingerprint density at radius 1 is 1.21 bits per heavy atom. The molecular formula is C22H25BrFN3O. The highest BCUT2D eigenvalue weighted by Crippen LogP contribution is 2.21. The Labute approximate surface area is 173 Å². The average Bonchev–Trinajstić information content (AvgIpc) is 2.97. The van der Waals surface area contributed by atoms with Crippen LogP contribution in [0.5, 0.6) is 0 Å².